The Kier molecular flexibility index (Phi) is 4.50. The van der Waals surface area contributed by atoms with Crippen LogP contribution >= 0.6 is 0 Å². The van der Waals surface area contributed by atoms with Crippen molar-refractivity contribution in [3.05, 3.63) is 82.9 Å². The Bertz CT molecular complexity index is 1120. The standard InChI is InChI=1S/C23H22N4O3/c1-30-18-8-6-16(7-9-18)19-13-27-14-20(24-21(27)22(28)25-19)23(29)26-11-10-15-4-2-3-5-17(15)12-26/h2-9,14,19H,10-13H2,1H3,(H,25,28). The monoisotopic (exact) mass is 402 g/mol. The van der Waals surface area contributed by atoms with Crippen LogP contribution in [0.25, 0.3) is 0 Å². The van der Waals surface area contributed by atoms with Crippen LogP contribution in [0.2, 0.25) is 0 Å². The van der Waals surface area contributed by atoms with Crippen molar-refractivity contribution in [1.82, 2.24) is 19.8 Å². The van der Waals surface area contributed by atoms with Gasteiger partial charge in [-0.1, -0.05) is 36.4 Å². The number of amides is 2. The van der Waals surface area contributed by atoms with Gasteiger partial charge in [-0.25, -0.2) is 4.98 Å². The van der Waals surface area contributed by atoms with Crippen LogP contribution in [0.4, 0.5) is 0 Å². The summed E-state index contributed by atoms with van der Waals surface area (Å²) in [6, 6.07) is 15.6. The van der Waals surface area contributed by atoms with Crippen molar-refractivity contribution in [3.8, 4) is 5.75 Å². The number of carbonyl (C=O) groups excluding carboxylic acids is 2. The van der Waals surface area contributed by atoms with Gasteiger partial charge in [-0.15, -0.1) is 0 Å². The summed E-state index contributed by atoms with van der Waals surface area (Å²) in [5.41, 5.74) is 3.74. The Balaban J connectivity index is 1.36. The fraction of sp³-hybridized carbons (Fsp3) is 0.261. The molecule has 1 N–H and O–H groups in total. The molecule has 2 aliphatic rings. The number of methoxy groups -OCH3 is 1. The number of nitrogens with one attached hydrogen (secondary N) is 1. The maximum atomic E-state index is 13.1. The van der Waals surface area contributed by atoms with Gasteiger partial charge in [0, 0.05) is 25.8 Å². The third-order valence-corrected chi connectivity index (χ3v) is 5.82. The third kappa shape index (κ3) is 3.22. The number of aromatic nitrogens is 2. The largest absolute Gasteiger partial charge is 0.497 e. The molecule has 2 aliphatic heterocycles. The highest BCUT2D eigenvalue weighted by Crippen LogP contribution is 2.25. The summed E-state index contributed by atoms with van der Waals surface area (Å²) in [6.07, 6.45) is 2.53. The number of rotatable bonds is 3. The van der Waals surface area contributed by atoms with Crippen LogP contribution in [-0.4, -0.2) is 39.9 Å². The van der Waals surface area contributed by atoms with E-state index in [-0.39, 0.29) is 23.7 Å². The van der Waals surface area contributed by atoms with Crippen molar-refractivity contribution < 1.29 is 14.3 Å². The number of hydrogen-bond acceptors (Lipinski definition) is 4. The Morgan fingerprint density at radius 2 is 1.90 bits per heavy atom. The van der Waals surface area contributed by atoms with Gasteiger partial charge in [-0.3, -0.25) is 9.59 Å². The van der Waals surface area contributed by atoms with Gasteiger partial charge in [0.05, 0.1) is 13.2 Å². The van der Waals surface area contributed by atoms with Crippen LogP contribution in [0.3, 0.4) is 0 Å². The summed E-state index contributed by atoms with van der Waals surface area (Å²) in [5.74, 6) is 0.631. The summed E-state index contributed by atoms with van der Waals surface area (Å²) in [7, 11) is 1.62. The number of benzene rings is 2. The first-order chi connectivity index (χ1) is 14.6. The van der Waals surface area contributed by atoms with E-state index in [0.29, 0.717) is 25.3 Å². The van der Waals surface area contributed by atoms with Gasteiger partial charge in [0.15, 0.2) is 5.82 Å². The molecule has 0 bridgehead atoms. The normalized spacial score (nSPS) is 17.7. The zero-order chi connectivity index (χ0) is 20.7. The predicted octanol–water partition coefficient (Wildman–Crippen LogP) is 2.57. The Morgan fingerprint density at radius 1 is 1.13 bits per heavy atom. The number of imidazole rings is 1. The van der Waals surface area contributed by atoms with Crippen LogP contribution in [0.5, 0.6) is 5.75 Å². The lowest BCUT2D eigenvalue weighted by Gasteiger charge is -2.28. The van der Waals surface area contributed by atoms with Crippen LogP contribution in [-0.2, 0) is 19.5 Å². The molecular formula is C23H22N4O3. The molecule has 0 aliphatic carbocycles. The molecule has 0 saturated carbocycles. The van der Waals surface area contributed by atoms with E-state index in [0.717, 1.165) is 17.7 Å². The van der Waals surface area contributed by atoms with Crippen LogP contribution in [0.1, 0.15) is 43.8 Å². The first kappa shape index (κ1) is 18.4. The smallest absolute Gasteiger partial charge is 0.287 e. The zero-order valence-electron chi connectivity index (χ0n) is 16.7. The van der Waals surface area contributed by atoms with E-state index in [9.17, 15) is 9.59 Å². The van der Waals surface area contributed by atoms with Crippen LogP contribution < -0.4 is 10.1 Å². The molecule has 7 nitrogen and oxygen atoms in total. The molecule has 0 fully saturated rings. The molecule has 5 rings (SSSR count). The number of fused-ring (bicyclic) bond motifs is 2. The highest BCUT2D eigenvalue weighted by Gasteiger charge is 2.30. The zero-order valence-corrected chi connectivity index (χ0v) is 16.7. The van der Waals surface area contributed by atoms with E-state index in [2.05, 4.69) is 22.4 Å². The molecule has 0 spiro atoms. The van der Waals surface area contributed by atoms with Crippen LogP contribution in [0, 0.1) is 0 Å². The number of ether oxygens (including phenoxy) is 1. The maximum absolute atomic E-state index is 13.1. The molecule has 1 unspecified atom stereocenters. The van der Waals surface area contributed by atoms with Crippen molar-refractivity contribution >= 4 is 11.8 Å². The van der Waals surface area contributed by atoms with Gasteiger partial charge in [0.1, 0.15) is 11.4 Å². The number of hydrogen-bond donors (Lipinski definition) is 1. The fourth-order valence-electron chi connectivity index (χ4n) is 4.16. The molecule has 7 heteroatoms. The molecular weight excluding hydrogens is 380 g/mol. The van der Waals surface area contributed by atoms with Crippen molar-refractivity contribution in [2.75, 3.05) is 13.7 Å². The Morgan fingerprint density at radius 3 is 2.67 bits per heavy atom. The summed E-state index contributed by atoms with van der Waals surface area (Å²) in [4.78, 5) is 31.8. The molecule has 3 aromatic rings. The van der Waals surface area contributed by atoms with E-state index in [1.807, 2.05) is 36.4 Å². The molecule has 0 radical (unpaired) electrons. The van der Waals surface area contributed by atoms with E-state index in [1.54, 1.807) is 22.8 Å². The molecule has 2 amide bonds. The Hall–Kier alpha value is -3.61. The van der Waals surface area contributed by atoms with Crippen molar-refractivity contribution in [2.45, 2.75) is 25.6 Å². The predicted molar refractivity (Wildman–Crippen MR) is 110 cm³/mol. The molecule has 30 heavy (non-hydrogen) atoms. The number of nitrogens with zero attached hydrogens (tertiary/aromatic N) is 3. The van der Waals surface area contributed by atoms with E-state index < -0.39 is 0 Å². The first-order valence-corrected chi connectivity index (χ1v) is 10.0. The summed E-state index contributed by atoms with van der Waals surface area (Å²) in [6.45, 7) is 1.74. The minimum atomic E-state index is -0.273. The first-order valence-electron chi connectivity index (χ1n) is 10.0. The van der Waals surface area contributed by atoms with Gasteiger partial charge in [-0.2, -0.15) is 0 Å². The lowest BCUT2D eigenvalue weighted by molar-refractivity contribution is 0.0729. The van der Waals surface area contributed by atoms with Crippen molar-refractivity contribution in [1.29, 1.82) is 0 Å². The average molecular weight is 402 g/mol. The van der Waals surface area contributed by atoms with Gasteiger partial charge in [-0.05, 0) is 35.2 Å². The van der Waals surface area contributed by atoms with Crippen molar-refractivity contribution in [2.24, 2.45) is 0 Å². The second-order valence-electron chi connectivity index (χ2n) is 7.65. The lowest BCUT2D eigenvalue weighted by atomic mass is 10.00. The summed E-state index contributed by atoms with van der Waals surface area (Å²) in [5, 5.41) is 2.98. The summed E-state index contributed by atoms with van der Waals surface area (Å²) < 4.78 is 6.98. The third-order valence-electron chi connectivity index (χ3n) is 5.82. The lowest BCUT2D eigenvalue weighted by Crippen LogP contribution is -2.38. The second-order valence-corrected chi connectivity index (χ2v) is 7.65. The molecule has 0 saturated heterocycles. The Labute approximate surface area is 174 Å². The highest BCUT2D eigenvalue weighted by molar-refractivity contribution is 5.96. The summed E-state index contributed by atoms with van der Waals surface area (Å²) >= 11 is 0. The molecule has 1 aromatic heterocycles. The van der Waals surface area contributed by atoms with Crippen molar-refractivity contribution in [3.63, 3.8) is 0 Å². The number of carbonyl (C=O) groups is 2. The van der Waals surface area contributed by atoms with E-state index in [1.165, 1.54) is 11.1 Å². The van der Waals surface area contributed by atoms with E-state index in [4.69, 9.17) is 4.74 Å². The topological polar surface area (TPSA) is 76.5 Å². The van der Waals surface area contributed by atoms with Gasteiger partial charge < -0.3 is 19.5 Å². The molecule has 152 valence electrons. The van der Waals surface area contributed by atoms with Gasteiger partial charge in [0.2, 0.25) is 0 Å². The quantitative estimate of drug-likeness (QED) is 0.731. The average Bonchev–Trinajstić information content (AvgIpc) is 3.23. The van der Waals surface area contributed by atoms with Gasteiger partial charge in [0.25, 0.3) is 11.8 Å². The fourth-order valence-corrected chi connectivity index (χ4v) is 4.16. The highest BCUT2D eigenvalue weighted by atomic mass is 16.5. The van der Waals surface area contributed by atoms with E-state index >= 15 is 0 Å². The molecule has 1 atom stereocenters. The molecule has 2 aromatic carbocycles. The molecule has 3 heterocycles. The van der Waals surface area contributed by atoms with Crippen LogP contribution in [0.15, 0.2) is 54.7 Å². The maximum Gasteiger partial charge on any atom is 0.287 e. The SMILES string of the molecule is COc1ccc(C2Cn3cc(C(=O)N4CCc5ccccc5C4)nc3C(=O)N2)cc1. The minimum Gasteiger partial charge on any atom is -0.497 e. The van der Waals surface area contributed by atoms with Gasteiger partial charge >= 0.3 is 0 Å². The second kappa shape index (κ2) is 7.33. The minimum absolute atomic E-state index is 0.139.